The number of aromatic nitrogens is 4. The maximum Gasteiger partial charge on any atom is 0.416 e. The first-order valence-corrected chi connectivity index (χ1v) is 11.1. The predicted octanol–water partition coefficient (Wildman–Crippen LogP) is 5.96. The lowest BCUT2D eigenvalue weighted by Gasteiger charge is -2.15. The maximum absolute atomic E-state index is 13.1. The number of halogens is 6. The average Bonchev–Trinajstić information content (AvgIpc) is 3.53. The highest BCUT2D eigenvalue weighted by Gasteiger charge is 2.36. The number of hydrogen-bond donors (Lipinski definition) is 2. The second-order valence-corrected chi connectivity index (χ2v) is 8.41. The number of nitrogens with one attached hydrogen (secondary N) is 1. The molecule has 13 heteroatoms. The number of nitrogens with two attached hydrogens (primary N) is 1. The highest BCUT2D eigenvalue weighted by molar-refractivity contribution is 5.66. The van der Waals surface area contributed by atoms with Crippen LogP contribution in [0.25, 0.3) is 28.6 Å². The van der Waals surface area contributed by atoms with E-state index in [-0.39, 0.29) is 36.3 Å². The van der Waals surface area contributed by atoms with Crippen LogP contribution in [0.1, 0.15) is 22.3 Å². The predicted molar refractivity (Wildman–Crippen MR) is 125 cm³/mol. The van der Waals surface area contributed by atoms with Gasteiger partial charge < -0.3 is 15.5 Å². The van der Waals surface area contributed by atoms with E-state index in [0.29, 0.717) is 35.0 Å². The van der Waals surface area contributed by atoms with Crippen molar-refractivity contribution in [3.63, 3.8) is 0 Å². The normalized spacial score (nSPS) is 12.4. The zero-order chi connectivity index (χ0) is 27.1. The van der Waals surface area contributed by atoms with Gasteiger partial charge in [0, 0.05) is 24.7 Å². The van der Waals surface area contributed by atoms with Crippen LogP contribution in [0.15, 0.2) is 71.3 Å². The summed E-state index contributed by atoms with van der Waals surface area (Å²) in [5.41, 5.74) is 5.21. The van der Waals surface area contributed by atoms with Gasteiger partial charge in [-0.15, -0.1) is 5.10 Å². The molecule has 0 saturated carbocycles. The minimum absolute atomic E-state index is 0.107. The molecule has 0 unspecified atom stereocenters. The van der Waals surface area contributed by atoms with Gasteiger partial charge in [-0.25, -0.2) is 4.98 Å². The molecule has 0 aliphatic heterocycles. The summed E-state index contributed by atoms with van der Waals surface area (Å²) in [6.07, 6.45) is -8.31. The van der Waals surface area contributed by atoms with Crippen molar-refractivity contribution in [1.82, 2.24) is 24.9 Å². The fourth-order valence-corrected chi connectivity index (χ4v) is 3.86. The highest BCUT2D eigenvalue weighted by Crippen LogP contribution is 2.36. The van der Waals surface area contributed by atoms with Crippen molar-refractivity contribution in [3.8, 4) is 22.8 Å². The van der Waals surface area contributed by atoms with Crippen LogP contribution in [0.2, 0.25) is 0 Å². The molecule has 0 amide bonds. The summed E-state index contributed by atoms with van der Waals surface area (Å²) in [4.78, 5) is 8.86. The van der Waals surface area contributed by atoms with E-state index in [2.05, 4.69) is 20.4 Å². The van der Waals surface area contributed by atoms with E-state index in [1.54, 1.807) is 42.5 Å². The Hall–Kier alpha value is -4.39. The fraction of sp³-hybridized carbons (Fsp3) is 0.160. The van der Waals surface area contributed by atoms with E-state index in [1.807, 2.05) is 0 Å². The van der Waals surface area contributed by atoms with Gasteiger partial charge in [-0.1, -0.05) is 18.2 Å². The Kier molecular flexibility index (Phi) is 6.31. The topological polar surface area (TPSA) is 94.3 Å². The van der Waals surface area contributed by atoms with Crippen molar-refractivity contribution in [3.05, 3.63) is 89.2 Å². The molecule has 0 saturated heterocycles. The number of nitrogen functional groups attached to an aromatic ring is 1. The molecule has 5 rings (SSSR count). The van der Waals surface area contributed by atoms with Crippen molar-refractivity contribution in [1.29, 1.82) is 0 Å². The Morgan fingerprint density at radius 3 is 2.18 bits per heavy atom. The van der Waals surface area contributed by atoms with Gasteiger partial charge in [-0.05, 0) is 47.5 Å². The molecule has 0 aliphatic carbocycles. The molecule has 5 aromatic rings. The standard InChI is InChI=1S/C25H18F6N6O/c26-24(27,28)17-8-15(9-18(10-17)25(29,30)31)13-33-12-14-3-1-4-16(7-14)19-11-21(32)37-23(34-19)35-22(36-37)20-5-2-6-38-20/h1-11,33H,12-13,32H2. The Morgan fingerprint density at radius 2 is 1.53 bits per heavy atom. The Labute approximate surface area is 210 Å². The second-order valence-electron chi connectivity index (χ2n) is 8.41. The first kappa shape index (κ1) is 25.3. The lowest BCUT2D eigenvalue weighted by molar-refractivity contribution is -0.143. The van der Waals surface area contributed by atoms with Crippen LogP contribution < -0.4 is 11.1 Å². The van der Waals surface area contributed by atoms with Gasteiger partial charge in [0.05, 0.1) is 23.1 Å². The number of nitrogens with zero attached hydrogens (tertiary/aromatic N) is 4. The quantitative estimate of drug-likeness (QED) is 0.262. The molecule has 0 atom stereocenters. The number of hydrogen-bond acceptors (Lipinski definition) is 6. The van der Waals surface area contributed by atoms with Gasteiger partial charge in [-0.2, -0.15) is 35.8 Å². The number of anilines is 1. The smallest absolute Gasteiger partial charge is 0.416 e. The minimum Gasteiger partial charge on any atom is -0.461 e. The zero-order valence-corrected chi connectivity index (χ0v) is 19.3. The highest BCUT2D eigenvalue weighted by atomic mass is 19.4. The van der Waals surface area contributed by atoms with E-state index in [9.17, 15) is 26.3 Å². The zero-order valence-electron chi connectivity index (χ0n) is 19.3. The summed E-state index contributed by atoms with van der Waals surface area (Å²) in [5.74, 6) is 1.30. The molecule has 196 valence electrons. The third kappa shape index (κ3) is 5.32. The van der Waals surface area contributed by atoms with E-state index in [1.165, 1.54) is 10.8 Å². The summed E-state index contributed by atoms with van der Waals surface area (Å²) in [7, 11) is 0. The van der Waals surface area contributed by atoms with E-state index >= 15 is 0 Å². The molecule has 0 aliphatic rings. The summed E-state index contributed by atoms with van der Waals surface area (Å²) in [6, 6.07) is 13.6. The van der Waals surface area contributed by atoms with E-state index in [4.69, 9.17) is 10.2 Å². The van der Waals surface area contributed by atoms with E-state index in [0.717, 1.165) is 5.56 Å². The molecule has 3 heterocycles. The second kappa shape index (κ2) is 9.49. The van der Waals surface area contributed by atoms with Crippen LogP contribution >= 0.6 is 0 Å². The van der Waals surface area contributed by atoms with Gasteiger partial charge in [0.1, 0.15) is 5.82 Å². The Bertz CT molecular complexity index is 1560. The first-order valence-electron chi connectivity index (χ1n) is 11.1. The summed E-state index contributed by atoms with van der Waals surface area (Å²) >= 11 is 0. The third-order valence-corrected chi connectivity index (χ3v) is 5.61. The summed E-state index contributed by atoms with van der Waals surface area (Å²) < 4.78 is 85.3. The van der Waals surface area contributed by atoms with Crippen LogP contribution in [0.4, 0.5) is 32.2 Å². The summed E-state index contributed by atoms with van der Waals surface area (Å²) in [6.45, 7) is -0.0274. The average molecular weight is 532 g/mol. The molecule has 0 spiro atoms. The molecule has 7 nitrogen and oxygen atoms in total. The van der Waals surface area contributed by atoms with Crippen LogP contribution in [-0.2, 0) is 25.4 Å². The Morgan fingerprint density at radius 1 is 0.816 bits per heavy atom. The monoisotopic (exact) mass is 532 g/mol. The molecule has 0 radical (unpaired) electrons. The first-order chi connectivity index (χ1) is 18.0. The molecule has 3 aromatic heterocycles. The molecule has 0 bridgehead atoms. The maximum atomic E-state index is 13.1. The SMILES string of the molecule is Nc1cc(-c2cccc(CNCc3cc(C(F)(F)F)cc(C(F)(F)F)c3)c2)nc2nc(-c3ccco3)nn12. The van der Waals surface area contributed by atoms with E-state index < -0.39 is 23.5 Å². The number of fused-ring (bicyclic) bond motifs is 1. The number of furan rings is 1. The van der Waals surface area contributed by atoms with Crippen molar-refractivity contribution in [2.75, 3.05) is 5.73 Å². The number of alkyl halides is 6. The number of benzene rings is 2. The van der Waals surface area contributed by atoms with Gasteiger partial charge in [-0.3, -0.25) is 0 Å². The van der Waals surface area contributed by atoms with Crippen molar-refractivity contribution in [2.45, 2.75) is 25.4 Å². The van der Waals surface area contributed by atoms with Crippen LogP contribution in [0.5, 0.6) is 0 Å². The van der Waals surface area contributed by atoms with Crippen LogP contribution in [-0.4, -0.2) is 19.6 Å². The number of rotatable bonds is 6. The molecule has 0 fully saturated rings. The van der Waals surface area contributed by atoms with Gasteiger partial charge >= 0.3 is 12.4 Å². The van der Waals surface area contributed by atoms with Gasteiger partial charge in [0.15, 0.2) is 5.76 Å². The minimum atomic E-state index is -4.90. The third-order valence-electron chi connectivity index (χ3n) is 5.61. The summed E-state index contributed by atoms with van der Waals surface area (Å²) in [5, 5.41) is 7.19. The van der Waals surface area contributed by atoms with Crippen LogP contribution in [0.3, 0.4) is 0 Å². The van der Waals surface area contributed by atoms with Crippen molar-refractivity contribution in [2.24, 2.45) is 0 Å². The van der Waals surface area contributed by atoms with Crippen LogP contribution in [0, 0.1) is 0 Å². The molecular formula is C25H18F6N6O. The van der Waals surface area contributed by atoms with Gasteiger partial charge in [0.25, 0.3) is 5.78 Å². The van der Waals surface area contributed by atoms with Gasteiger partial charge in [0.2, 0.25) is 5.82 Å². The molecule has 38 heavy (non-hydrogen) atoms. The van der Waals surface area contributed by atoms with Crippen molar-refractivity contribution >= 4 is 11.6 Å². The molecular weight excluding hydrogens is 514 g/mol. The lowest BCUT2D eigenvalue weighted by atomic mass is 10.0. The Balaban J connectivity index is 1.34. The van der Waals surface area contributed by atoms with Crippen molar-refractivity contribution < 1.29 is 30.8 Å². The molecule has 2 aromatic carbocycles. The molecule has 3 N–H and O–H groups in total. The largest absolute Gasteiger partial charge is 0.461 e. The fourth-order valence-electron chi connectivity index (χ4n) is 3.86. The lowest BCUT2D eigenvalue weighted by Crippen LogP contribution is -2.16.